The van der Waals surface area contributed by atoms with Crippen LogP contribution >= 0.6 is 11.3 Å². The molecule has 1 heterocycles. The van der Waals surface area contributed by atoms with E-state index in [0.29, 0.717) is 13.2 Å². The van der Waals surface area contributed by atoms with Crippen LogP contribution in [-0.2, 0) is 0 Å². The number of thiophene rings is 1. The van der Waals surface area contributed by atoms with E-state index in [1.54, 1.807) is 11.3 Å². The Balaban J connectivity index is 1.73. The summed E-state index contributed by atoms with van der Waals surface area (Å²) in [5.74, 6) is 1.86. The normalized spacial score (nSPS) is 11.3. The lowest BCUT2D eigenvalue weighted by molar-refractivity contribution is 0.316. The van der Waals surface area contributed by atoms with Gasteiger partial charge < -0.3 is 20.1 Å². The lowest BCUT2D eigenvalue weighted by Gasteiger charge is -2.06. The van der Waals surface area contributed by atoms with Crippen molar-refractivity contribution >= 4 is 31.5 Å². The first-order valence-electron chi connectivity index (χ1n) is 8.95. The van der Waals surface area contributed by atoms with Crippen molar-refractivity contribution in [3.63, 3.8) is 0 Å². The Bertz CT molecular complexity index is 750. The topological polar surface area (TPSA) is 42.5 Å². The largest absolute Gasteiger partial charge is 0.492 e. The van der Waals surface area contributed by atoms with Crippen molar-refractivity contribution in [1.29, 1.82) is 0 Å². The number of benzene rings is 2. The molecule has 2 aromatic carbocycles. The number of hydrogen-bond donors (Lipinski definition) is 2. The van der Waals surface area contributed by atoms with Gasteiger partial charge in [-0.3, -0.25) is 0 Å². The third-order valence-corrected chi connectivity index (χ3v) is 5.13. The molecule has 0 aliphatic heterocycles. The molecule has 0 saturated heterocycles. The van der Waals surface area contributed by atoms with Gasteiger partial charge in [0, 0.05) is 33.3 Å². The minimum absolute atomic E-state index is 0.689. The van der Waals surface area contributed by atoms with Gasteiger partial charge in [0.25, 0.3) is 0 Å². The van der Waals surface area contributed by atoms with Gasteiger partial charge in [-0.15, -0.1) is 11.3 Å². The number of fused-ring (bicyclic) bond motifs is 3. The first kappa shape index (κ1) is 18.0. The van der Waals surface area contributed by atoms with Crippen molar-refractivity contribution in [2.75, 3.05) is 39.4 Å². The summed E-state index contributed by atoms with van der Waals surface area (Å²) < 4.78 is 14.2. The molecule has 0 atom stereocenters. The number of likely N-dealkylation sites (N-methyl/N-ethyl adjacent to an activating group) is 2. The zero-order valence-electron chi connectivity index (χ0n) is 14.9. The highest BCUT2D eigenvalue weighted by Crippen LogP contribution is 2.37. The summed E-state index contributed by atoms with van der Waals surface area (Å²) in [6.45, 7) is 9.25. The van der Waals surface area contributed by atoms with Gasteiger partial charge in [0.15, 0.2) is 0 Å². The molecule has 0 aliphatic carbocycles. The van der Waals surface area contributed by atoms with Crippen LogP contribution < -0.4 is 20.1 Å². The zero-order chi connectivity index (χ0) is 17.5. The molecule has 1 aromatic heterocycles. The van der Waals surface area contributed by atoms with E-state index in [1.165, 1.54) is 20.2 Å². The molecule has 4 nitrogen and oxygen atoms in total. The molecule has 0 aliphatic rings. The number of hydrogen-bond acceptors (Lipinski definition) is 5. The van der Waals surface area contributed by atoms with Crippen LogP contribution in [0.25, 0.3) is 20.2 Å². The van der Waals surface area contributed by atoms with E-state index in [2.05, 4.69) is 60.9 Å². The summed E-state index contributed by atoms with van der Waals surface area (Å²) in [6.07, 6.45) is 0. The highest BCUT2D eigenvalue weighted by Gasteiger charge is 2.08. The Morgan fingerprint density at radius 3 is 1.68 bits per heavy atom. The molecule has 2 N–H and O–H groups in total. The molecular formula is C20H26N2O2S. The molecule has 0 bridgehead atoms. The molecule has 0 fully saturated rings. The number of rotatable bonds is 10. The second kappa shape index (κ2) is 9.04. The van der Waals surface area contributed by atoms with Crippen molar-refractivity contribution in [3.8, 4) is 11.5 Å². The van der Waals surface area contributed by atoms with Crippen molar-refractivity contribution in [2.24, 2.45) is 0 Å². The average Bonchev–Trinajstić information content (AvgIpc) is 2.99. The summed E-state index contributed by atoms with van der Waals surface area (Å²) >= 11 is 1.79. The Labute approximate surface area is 153 Å². The molecule has 0 radical (unpaired) electrons. The van der Waals surface area contributed by atoms with Crippen molar-refractivity contribution in [3.05, 3.63) is 36.4 Å². The molecule has 134 valence electrons. The quantitative estimate of drug-likeness (QED) is 0.537. The molecule has 0 unspecified atom stereocenters. The van der Waals surface area contributed by atoms with Crippen LogP contribution in [-0.4, -0.2) is 39.4 Å². The molecule has 0 spiro atoms. The van der Waals surface area contributed by atoms with Crippen LogP contribution in [0.1, 0.15) is 13.8 Å². The SMILES string of the molecule is CCNCCOc1ccc2c(c1)sc1cc(OCCNCC)ccc12. The second-order valence-corrected chi connectivity index (χ2v) is 6.91. The van der Waals surface area contributed by atoms with Crippen LogP contribution in [0.3, 0.4) is 0 Å². The van der Waals surface area contributed by atoms with E-state index in [1.807, 2.05) is 0 Å². The zero-order valence-corrected chi connectivity index (χ0v) is 15.7. The second-order valence-electron chi connectivity index (χ2n) is 5.82. The molecule has 5 heteroatoms. The van der Waals surface area contributed by atoms with E-state index in [0.717, 1.165) is 37.7 Å². The van der Waals surface area contributed by atoms with Crippen molar-refractivity contribution in [1.82, 2.24) is 10.6 Å². The molecular weight excluding hydrogens is 332 g/mol. The standard InChI is InChI=1S/C20H26N2O2S/c1-3-21-9-11-23-15-5-7-17-18-8-6-16(24-12-10-22-4-2)14-20(18)25-19(17)13-15/h5-8,13-14,21-22H,3-4,9-12H2,1-2H3. The highest BCUT2D eigenvalue weighted by atomic mass is 32.1. The third kappa shape index (κ3) is 4.63. The van der Waals surface area contributed by atoms with E-state index in [4.69, 9.17) is 9.47 Å². The lowest BCUT2D eigenvalue weighted by Crippen LogP contribution is -2.20. The fourth-order valence-corrected chi connectivity index (χ4v) is 3.92. The predicted molar refractivity (Wildman–Crippen MR) is 107 cm³/mol. The average molecular weight is 359 g/mol. The first-order chi connectivity index (χ1) is 12.3. The van der Waals surface area contributed by atoms with Gasteiger partial charge in [0.05, 0.1) is 0 Å². The number of ether oxygens (including phenoxy) is 2. The lowest BCUT2D eigenvalue weighted by atomic mass is 10.1. The minimum atomic E-state index is 0.689. The van der Waals surface area contributed by atoms with Gasteiger partial charge in [0.2, 0.25) is 0 Å². The van der Waals surface area contributed by atoms with Gasteiger partial charge in [-0.05, 0) is 49.5 Å². The summed E-state index contributed by atoms with van der Waals surface area (Å²) in [5.41, 5.74) is 0. The molecule has 3 rings (SSSR count). The minimum Gasteiger partial charge on any atom is -0.492 e. The Hall–Kier alpha value is -1.82. The maximum atomic E-state index is 5.82. The van der Waals surface area contributed by atoms with Crippen molar-refractivity contribution in [2.45, 2.75) is 13.8 Å². The van der Waals surface area contributed by atoms with Crippen LogP contribution in [0.2, 0.25) is 0 Å². The van der Waals surface area contributed by atoms with E-state index < -0.39 is 0 Å². The summed E-state index contributed by atoms with van der Waals surface area (Å²) in [7, 11) is 0. The van der Waals surface area contributed by atoms with Crippen LogP contribution in [0.4, 0.5) is 0 Å². The Morgan fingerprint density at radius 2 is 1.24 bits per heavy atom. The predicted octanol–water partition coefficient (Wildman–Crippen LogP) is 4.03. The van der Waals surface area contributed by atoms with Gasteiger partial charge in [-0.2, -0.15) is 0 Å². The van der Waals surface area contributed by atoms with Gasteiger partial charge in [-0.25, -0.2) is 0 Å². The molecule has 3 aromatic rings. The molecule has 0 amide bonds. The van der Waals surface area contributed by atoms with Crippen LogP contribution in [0.5, 0.6) is 11.5 Å². The van der Waals surface area contributed by atoms with Crippen molar-refractivity contribution < 1.29 is 9.47 Å². The Morgan fingerprint density at radius 1 is 0.760 bits per heavy atom. The smallest absolute Gasteiger partial charge is 0.120 e. The summed E-state index contributed by atoms with van der Waals surface area (Å²) in [6, 6.07) is 12.7. The fourth-order valence-electron chi connectivity index (χ4n) is 2.75. The first-order valence-corrected chi connectivity index (χ1v) is 9.76. The van der Waals surface area contributed by atoms with Crippen LogP contribution in [0.15, 0.2) is 36.4 Å². The van der Waals surface area contributed by atoms with Gasteiger partial charge in [-0.1, -0.05) is 13.8 Å². The fraction of sp³-hybridized carbons (Fsp3) is 0.400. The third-order valence-electron chi connectivity index (χ3n) is 4.01. The highest BCUT2D eigenvalue weighted by molar-refractivity contribution is 7.25. The maximum Gasteiger partial charge on any atom is 0.120 e. The van der Waals surface area contributed by atoms with E-state index in [9.17, 15) is 0 Å². The monoisotopic (exact) mass is 358 g/mol. The van der Waals surface area contributed by atoms with E-state index >= 15 is 0 Å². The molecule has 0 saturated carbocycles. The van der Waals surface area contributed by atoms with E-state index in [-0.39, 0.29) is 0 Å². The van der Waals surface area contributed by atoms with Gasteiger partial charge >= 0.3 is 0 Å². The van der Waals surface area contributed by atoms with Crippen LogP contribution in [0, 0.1) is 0 Å². The maximum absolute atomic E-state index is 5.82. The number of nitrogens with one attached hydrogen (secondary N) is 2. The summed E-state index contributed by atoms with van der Waals surface area (Å²) in [4.78, 5) is 0. The summed E-state index contributed by atoms with van der Waals surface area (Å²) in [5, 5.41) is 9.09. The molecule has 25 heavy (non-hydrogen) atoms. The Kier molecular flexibility index (Phi) is 6.50. The van der Waals surface area contributed by atoms with Gasteiger partial charge in [0.1, 0.15) is 24.7 Å².